The lowest BCUT2D eigenvalue weighted by Gasteiger charge is -2.19. The van der Waals surface area contributed by atoms with Crippen LogP contribution in [0, 0.1) is 0 Å². The van der Waals surface area contributed by atoms with E-state index in [9.17, 15) is 13.2 Å². The summed E-state index contributed by atoms with van der Waals surface area (Å²) in [5, 5.41) is 2.67. The number of sulfonamides is 1. The molecule has 0 aliphatic carbocycles. The minimum absolute atomic E-state index is 0.0150. The number of nitrogens with zero attached hydrogens (tertiary/aromatic N) is 2. The van der Waals surface area contributed by atoms with Gasteiger partial charge in [0.2, 0.25) is 5.88 Å². The first-order valence-electron chi connectivity index (χ1n) is 10.6. The number of methoxy groups -OCH3 is 2. The second-order valence-corrected chi connectivity index (χ2v) is 10.2. The summed E-state index contributed by atoms with van der Waals surface area (Å²) in [5.74, 6) is 0.330. The topological polar surface area (TPSA) is 129 Å². The maximum absolute atomic E-state index is 12.7. The molecule has 0 aliphatic rings. The molecule has 0 unspecified atom stereocenters. The van der Waals surface area contributed by atoms with Gasteiger partial charge in [-0.3, -0.25) is 9.52 Å². The van der Waals surface area contributed by atoms with Crippen molar-refractivity contribution in [3.63, 3.8) is 0 Å². The highest BCUT2D eigenvalue weighted by molar-refractivity contribution is 7.92. The summed E-state index contributed by atoms with van der Waals surface area (Å²) in [7, 11) is -1.21. The molecule has 3 aromatic rings. The molecule has 0 radical (unpaired) electrons. The van der Waals surface area contributed by atoms with Crippen LogP contribution in [0.3, 0.4) is 0 Å². The number of hydrogen-bond acceptors (Lipinski definition) is 8. The van der Waals surface area contributed by atoms with E-state index in [1.54, 1.807) is 0 Å². The molecule has 10 nitrogen and oxygen atoms in total. The molecule has 1 amide bonds. The first kappa shape index (κ1) is 25.8. The Morgan fingerprint density at radius 2 is 1.60 bits per heavy atom. The number of hydrogen-bond donors (Lipinski definition) is 2. The van der Waals surface area contributed by atoms with Gasteiger partial charge in [-0.25, -0.2) is 8.42 Å². The molecule has 0 aliphatic heterocycles. The Labute approximate surface area is 204 Å². The van der Waals surface area contributed by atoms with Crippen molar-refractivity contribution in [2.45, 2.75) is 31.1 Å². The van der Waals surface area contributed by atoms with Gasteiger partial charge in [0, 0.05) is 11.8 Å². The van der Waals surface area contributed by atoms with Gasteiger partial charge < -0.3 is 19.5 Å². The van der Waals surface area contributed by atoms with E-state index in [2.05, 4.69) is 40.8 Å². The van der Waals surface area contributed by atoms with Crippen molar-refractivity contribution >= 4 is 27.4 Å². The third kappa shape index (κ3) is 7.06. The molecular weight excluding hydrogens is 472 g/mol. The zero-order valence-electron chi connectivity index (χ0n) is 20.2. The molecule has 0 bridgehead atoms. The maximum Gasteiger partial charge on any atom is 0.321 e. The predicted molar refractivity (Wildman–Crippen MR) is 132 cm³/mol. The molecule has 0 saturated carbocycles. The highest BCUT2D eigenvalue weighted by Gasteiger charge is 2.17. The summed E-state index contributed by atoms with van der Waals surface area (Å²) < 4.78 is 43.3. The van der Waals surface area contributed by atoms with Gasteiger partial charge in [-0.1, -0.05) is 32.9 Å². The molecule has 2 N–H and O–H groups in total. The normalized spacial score (nSPS) is 11.5. The van der Waals surface area contributed by atoms with Gasteiger partial charge in [0.15, 0.2) is 12.4 Å². The quantitative estimate of drug-likeness (QED) is 0.456. The van der Waals surface area contributed by atoms with Gasteiger partial charge >= 0.3 is 6.01 Å². The summed E-state index contributed by atoms with van der Waals surface area (Å²) in [6.07, 6.45) is 0. The minimum Gasteiger partial charge on any atom is -0.484 e. The van der Waals surface area contributed by atoms with Crippen LogP contribution in [0.15, 0.2) is 59.5 Å². The number of ether oxygens (including phenoxy) is 3. The molecule has 0 spiro atoms. The number of aromatic nitrogens is 2. The van der Waals surface area contributed by atoms with Crippen LogP contribution in [0.4, 0.5) is 11.5 Å². The largest absolute Gasteiger partial charge is 0.484 e. The van der Waals surface area contributed by atoms with E-state index in [1.165, 1.54) is 44.6 Å². The summed E-state index contributed by atoms with van der Waals surface area (Å²) in [6, 6.07) is 14.5. The summed E-state index contributed by atoms with van der Waals surface area (Å²) in [4.78, 5) is 20.1. The van der Waals surface area contributed by atoms with E-state index < -0.39 is 10.0 Å². The first-order chi connectivity index (χ1) is 16.5. The SMILES string of the molecule is COc1cc(NS(=O)(=O)c2ccc(NC(=O)COc3ccc(C(C)(C)C)cc3)cc2)nc(OC)n1. The Kier molecular flexibility index (Phi) is 7.80. The van der Waals surface area contributed by atoms with Crippen molar-refractivity contribution in [2.75, 3.05) is 30.9 Å². The van der Waals surface area contributed by atoms with Crippen LogP contribution in [0.1, 0.15) is 26.3 Å². The van der Waals surface area contributed by atoms with Gasteiger partial charge in [-0.2, -0.15) is 9.97 Å². The van der Waals surface area contributed by atoms with Gasteiger partial charge in [-0.05, 0) is 47.4 Å². The fourth-order valence-corrected chi connectivity index (χ4v) is 3.96. The van der Waals surface area contributed by atoms with Gasteiger partial charge in [0.25, 0.3) is 15.9 Å². The molecule has 2 aromatic carbocycles. The van der Waals surface area contributed by atoms with Crippen molar-refractivity contribution in [3.05, 3.63) is 60.2 Å². The molecule has 186 valence electrons. The number of rotatable bonds is 9. The van der Waals surface area contributed by atoms with Crippen LogP contribution in [0.5, 0.6) is 17.6 Å². The first-order valence-corrected chi connectivity index (χ1v) is 12.1. The monoisotopic (exact) mass is 500 g/mol. The van der Waals surface area contributed by atoms with Crippen LogP contribution in [0.2, 0.25) is 0 Å². The second kappa shape index (κ2) is 10.6. The van der Waals surface area contributed by atoms with E-state index in [0.29, 0.717) is 11.4 Å². The lowest BCUT2D eigenvalue weighted by molar-refractivity contribution is -0.118. The zero-order valence-corrected chi connectivity index (χ0v) is 21.0. The van der Waals surface area contributed by atoms with Gasteiger partial charge in [-0.15, -0.1) is 0 Å². The van der Waals surface area contributed by atoms with Crippen LogP contribution >= 0.6 is 0 Å². The Morgan fingerprint density at radius 1 is 0.943 bits per heavy atom. The van der Waals surface area contributed by atoms with Gasteiger partial charge in [0.1, 0.15) is 5.75 Å². The Hall–Kier alpha value is -3.86. The molecule has 0 saturated heterocycles. The van der Waals surface area contributed by atoms with E-state index in [1.807, 2.05) is 24.3 Å². The zero-order chi connectivity index (χ0) is 25.6. The summed E-state index contributed by atoms with van der Waals surface area (Å²) >= 11 is 0. The molecule has 1 aromatic heterocycles. The number of amides is 1. The van der Waals surface area contributed by atoms with Crippen molar-refractivity contribution in [1.29, 1.82) is 0 Å². The smallest absolute Gasteiger partial charge is 0.321 e. The number of nitrogens with one attached hydrogen (secondary N) is 2. The highest BCUT2D eigenvalue weighted by Crippen LogP contribution is 2.24. The van der Waals surface area contributed by atoms with E-state index >= 15 is 0 Å². The maximum atomic E-state index is 12.7. The van der Waals surface area contributed by atoms with Crippen molar-refractivity contribution in [2.24, 2.45) is 0 Å². The lowest BCUT2D eigenvalue weighted by Crippen LogP contribution is -2.20. The Bertz CT molecular complexity index is 1250. The third-order valence-electron chi connectivity index (χ3n) is 4.85. The van der Waals surface area contributed by atoms with Crippen molar-refractivity contribution in [1.82, 2.24) is 9.97 Å². The number of carbonyl (C=O) groups is 1. The fraction of sp³-hybridized carbons (Fsp3) is 0.292. The standard InChI is InChI=1S/C24H28N4O6S/c1-24(2,3)16-6-10-18(11-7-16)34-15-21(29)25-17-8-12-19(13-9-17)35(30,31)28-20-14-22(32-4)27-23(26-20)33-5/h6-14H,15H2,1-5H3,(H,25,29)(H,26,27,28). The highest BCUT2D eigenvalue weighted by atomic mass is 32.2. The van der Waals surface area contributed by atoms with Crippen LogP contribution in [-0.2, 0) is 20.2 Å². The lowest BCUT2D eigenvalue weighted by atomic mass is 9.87. The van der Waals surface area contributed by atoms with E-state index in [-0.39, 0.29) is 40.5 Å². The van der Waals surface area contributed by atoms with E-state index in [4.69, 9.17) is 14.2 Å². The van der Waals surface area contributed by atoms with Crippen molar-refractivity contribution < 1.29 is 27.4 Å². The number of benzene rings is 2. The molecule has 0 atom stereocenters. The van der Waals surface area contributed by atoms with Crippen LogP contribution < -0.4 is 24.2 Å². The summed E-state index contributed by atoms with van der Waals surface area (Å²) in [6.45, 7) is 6.17. The molecule has 0 fully saturated rings. The molecular formula is C24H28N4O6S. The van der Waals surface area contributed by atoms with Crippen molar-refractivity contribution in [3.8, 4) is 17.6 Å². The molecule has 1 heterocycles. The summed E-state index contributed by atoms with van der Waals surface area (Å²) in [5.41, 5.74) is 1.61. The minimum atomic E-state index is -3.96. The van der Waals surface area contributed by atoms with Crippen LogP contribution in [-0.4, -0.2) is 45.1 Å². The third-order valence-corrected chi connectivity index (χ3v) is 6.22. The number of carbonyl (C=O) groups excluding carboxylic acids is 1. The Balaban J connectivity index is 1.59. The average molecular weight is 501 g/mol. The predicted octanol–water partition coefficient (Wildman–Crippen LogP) is 3.61. The van der Waals surface area contributed by atoms with Gasteiger partial charge in [0.05, 0.1) is 19.1 Å². The number of anilines is 2. The molecule has 11 heteroatoms. The Morgan fingerprint density at radius 3 is 2.17 bits per heavy atom. The molecule has 3 rings (SSSR count). The van der Waals surface area contributed by atoms with E-state index in [0.717, 1.165) is 5.56 Å². The van der Waals surface area contributed by atoms with Crippen LogP contribution in [0.25, 0.3) is 0 Å². The second-order valence-electron chi connectivity index (χ2n) is 8.52. The fourth-order valence-electron chi connectivity index (χ4n) is 2.96. The molecule has 35 heavy (non-hydrogen) atoms. The average Bonchev–Trinajstić information content (AvgIpc) is 2.82.